The number of fused-ring (bicyclic) bond motifs is 3. The van der Waals surface area contributed by atoms with Crippen molar-refractivity contribution in [2.24, 2.45) is 7.05 Å². The Hall–Kier alpha value is -3.21. The number of nitrogens with zero attached hydrogens (tertiary/aromatic N) is 6. The lowest BCUT2D eigenvalue weighted by molar-refractivity contribution is 0.0448. The summed E-state index contributed by atoms with van der Waals surface area (Å²) < 4.78 is 29.7. The van der Waals surface area contributed by atoms with Crippen LogP contribution in [0.3, 0.4) is 0 Å². The van der Waals surface area contributed by atoms with E-state index in [1.807, 2.05) is 32.9 Å². The van der Waals surface area contributed by atoms with Gasteiger partial charge in [0.1, 0.15) is 11.3 Å². The number of methoxy groups -OCH3 is 1. The van der Waals surface area contributed by atoms with Crippen LogP contribution in [0.1, 0.15) is 45.0 Å². The molecule has 1 saturated heterocycles. The maximum atomic E-state index is 15.2. The van der Waals surface area contributed by atoms with E-state index in [0.29, 0.717) is 45.9 Å². The van der Waals surface area contributed by atoms with Crippen molar-refractivity contribution in [2.75, 3.05) is 33.4 Å². The molecule has 2 atom stereocenters. The van der Waals surface area contributed by atoms with E-state index in [-0.39, 0.29) is 17.8 Å². The predicted molar refractivity (Wildman–Crippen MR) is 140 cm³/mol. The first kappa shape index (κ1) is 25.4. The molecule has 0 unspecified atom stereocenters. The average molecular weight is 509 g/mol. The van der Waals surface area contributed by atoms with E-state index in [4.69, 9.17) is 9.47 Å². The van der Waals surface area contributed by atoms with Gasteiger partial charge in [0, 0.05) is 68.6 Å². The minimum atomic E-state index is -0.422. The molecule has 1 fully saturated rings. The van der Waals surface area contributed by atoms with Gasteiger partial charge in [-0.3, -0.25) is 19.0 Å². The monoisotopic (exact) mass is 508 g/mol. The molecule has 0 spiro atoms. The summed E-state index contributed by atoms with van der Waals surface area (Å²) in [6.45, 7) is 9.25. The molecule has 0 N–H and O–H groups in total. The molecule has 196 valence electrons. The first-order valence-electron chi connectivity index (χ1n) is 12.7. The van der Waals surface area contributed by atoms with Gasteiger partial charge >= 0.3 is 5.69 Å². The SMILES string of the molecule is CO[C@H]1CCN(CCO[C@H](C)c2ccc(-c3cc4c(cc3F)nnc3c4n(C(C)C)c(=O)n3C)cn2)C1. The van der Waals surface area contributed by atoms with Crippen LogP contribution in [-0.2, 0) is 16.5 Å². The minimum Gasteiger partial charge on any atom is -0.380 e. The summed E-state index contributed by atoms with van der Waals surface area (Å²) in [4.78, 5) is 19.7. The second kappa shape index (κ2) is 10.3. The highest BCUT2D eigenvalue weighted by molar-refractivity contribution is 6.02. The number of rotatable bonds is 8. The molecule has 4 aromatic rings. The standard InChI is InChI=1S/C27H33FN6O3/c1-16(2)34-25-21-12-20(22(28)13-24(21)30-31-26(25)32(4)27(34)35)18-6-7-23(29-14-18)17(3)37-11-10-33-9-8-19(15-33)36-5/h6-7,12-14,16-17,19H,8-11,15H2,1-5H3/t17-,19+/m1/s1. The van der Waals surface area contributed by atoms with Crippen LogP contribution >= 0.6 is 0 Å². The molecule has 5 rings (SSSR count). The normalized spacial score (nSPS) is 17.4. The van der Waals surface area contributed by atoms with Crippen LogP contribution in [0.4, 0.5) is 4.39 Å². The molecule has 3 aromatic heterocycles. The summed E-state index contributed by atoms with van der Waals surface area (Å²) in [6, 6.07) is 6.73. The van der Waals surface area contributed by atoms with Gasteiger partial charge in [0.2, 0.25) is 0 Å². The third-order valence-corrected chi connectivity index (χ3v) is 7.22. The average Bonchev–Trinajstić information content (AvgIpc) is 3.45. The van der Waals surface area contributed by atoms with Gasteiger partial charge in [0.05, 0.1) is 30.0 Å². The van der Waals surface area contributed by atoms with Crippen LogP contribution in [0.5, 0.6) is 0 Å². The van der Waals surface area contributed by atoms with Gasteiger partial charge in [-0.15, -0.1) is 10.2 Å². The molecule has 1 aliphatic heterocycles. The van der Waals surface area contributed by atoms with Crippen molar-refractivity contribution in [2.45, 2.75) is 45.4 Å². The topological polar surface area (TPSA) is 87.3 Å². The van der Waals surface area contributed by atoms with E-state index in [1.54, 1.807) is 31.0 Å². The van der Waals surface area contributed by atoms with Crippen molar-refractivity contribution in [3.8, 4) is 11.1 Å². The Labute approximate surface area is 214 Å². The van der Waals surface area contributed by atoms with Crippen LogP contribution < -0.4 is 5.69 Å². The number of imidazole rings is 1. The van der Waals surface area contributed by atoms with Gasteiger partial charge in [-0.1, -0.05) is 6.07 Å². The quantitative estimate of drug-likeness (QED) is 0.357. The highest BCUT2D eigenvalue weighted by atomic mass is 19.1. The highest BCUT2D eigenvalue weighted by Crippen LogP contribution is 2.31. The third kappa shape index (κ3) is 4.76. The van der Waals surface area contributed by atoms with Gasteiger partial charge in [-0.25, -0.2) is 9.18 Å². The maximum Gasteiger partial charge on any atom is 0.330 e. The molecule has 0 saturated carbocycles. The second-order valence-electron chi connectivity index (χ2n) is 9.96. The summed E-state index contributed by atoms with van der Waals surface area (Å²) in [6.07, 6.45) is 2.84. The van der Waals surface area contributed by atoms with E-state index in [2.05, 4.69) is 20.1 Å². The van der Waals surface area contributed by atoms with E-state index >= 15 is 4.39 Å². The number of pyridine rings is 1. The van der Waals surface area contributed by atoms with E-state index < -0.39 is 5.82 Å². The Balaban J connectivity index is 1.39. The molecular weight excluding hydrogens is 475 g/mol. The molecule has 0 aliphatic carbocycles. The molecule has 1 aliphatic rings. The Morgan fingerprint density at radius 2 is 2.00 bits per heavy atom. The van der Waals surface area contributed by atoms with Gasteiger partial charge < -0.3 is 9.47 Å². The van der Waals surface area contributed by atoms with Crippen molar-refractivity contribution in [3.63, 3.8) is 0 Å². The summed E-state index contributed by atoms with van der Waals surface area (Å²) >= 11 is 0. The molecule has 0 radical (unpaired) electrons. The minimum absolute atomic E-state index is 0.0913. The van der Waals surface area contributed by atoms with Gasteiger partial charge in [-0.2, -0.15) is 0 Å². The molecule has 10 heteroatoms. The van der Waals surface area contributed by atoms with Gasteiger partial charge in [0.15, 0.2) is 5.65 Å². The van der Waals surface area contributed by atoms with Gasteiger partial charge in [0.25, 0.3) is 0 Å². The van der Waals surface area contributed by atoms with Gasteiger partial charge in [-0.05, 0) is 39.3 Å². The predicted octanol–water partition coefficient (Wildman–Crippen LogP) is 3.86. The van der Waals surface area contributed by atoms with Crippen molar-refractivity contribution in [1.29, 1.82) is 0 Å². The van der Waals surface area contributed by atoms with Crippen LogP contribution in [0.15, 0.2) is 35.3 Å². The van der Waals surface area contributed by atoms with E-state index in [0.717, 1.165) is 31.7 Å². The first-order chi connectivity index (χ1) is 17.8. The number of aromatic nitrogens is 5. The molecule has 9 nitrogen and oxygen atoms in total. The molecular formula is C27H33FN6O3. The largest absolute Gasteiger partial charge is 0.380 e. The number of halogens is 1. The summed E-state index contributed by atoms with van der Waals surface area (Å²) in [5.41, 5.74) is 3.15. The zero-order valence-corrected chi connectivity index (χ0v) is 21.9. The maximum absolute atomic E-state index is 15.2. The Kier molecular flexibility index (Phi) is 7.06. The molecule has 0 amide bonds. The summed E-state index contributed by atoms with van der Waals surface area (Å²) in [7, 11) is 3.42. The van der Waals surface area contributed by atoms with Crippen LogP contribution in [0.25, 0.3) is 33.2 Å². The van der Waals surface area contributed by atoms with Crippen molar-refractivity contribution in [3.05, 3.63) is 52.5 Å². The van der Waals surface area contributed by atoms with Crippen molar-refractivity contribution >= 4 is 22.1 Å². The zero-order chi connectivity index (χ0) is 26.3. The van der Waals surface area contributed by atoms with Crippen LogP contribution in [0.2, 0.25) is 0 Å². The fourth-order valence-electron chi connectivity index (χ4n) is 5.06. The Morgan fingerprint density at radius 1 is 1.19 bits per heavy atom. The lowest BCUT2D eigenvalue weighted by Gasteiger charge is -2.18. The van der Waals surface area contributed by atoms with Crippen molar-refractivity contribution in [1.82, 2.24) is 29.2 Å². The van der Waals surface area contributed by atoms with Crippen molar-refractivity contribution < 1.29 is 13.9 Å². The fraction of sp³-hybridized carbons (Fsp3) is 0.481. The number of benzene rings is 1. The highest BCUT2D eigenvalue weighted by Gasteiger charge is 2.22. The fourth-order valence-corrected chi connectivity index (χ4v) is 5.06. The summed E-state index contributed by atoms with van der Waals surface area (Å²) in [5.74, 6) is -0.422. The van der Waals surface area contributed by atoms with E-state index in [9.17, 15) is 4.79 Å². The van der Waals surface area contributed by atoms with E-state index in [1.165, 1.54) is 10.6 Å². The third-order valence-electron chi connectivity index (χ3n) is 7.22. The Bertz CT molecular complexity index is 1480. The summed E-state index contributed by atoms with van der Waals surface area (Å²) in [5, 5.41) is 9.04. The smallest absolute Gasteiger partial charge is 0.330 e. The molecule has 0 bridgehead atoms. The molecule has 4 heterocycles. The number of aryl methyl sites for hydroxylation is 1. The molecule has 37 heavy (non-hydrogen) atoms. The number of hydrogen-bond donors (Lipinski definition) is 0. The zero-order valence-electron chi connectivity index (χ0n) is 21.9. The Morgan fingerprint density at radius 3 is 2.68 bits per heavy atom. The first-order valence-corrected chi connectivity index (χ1v) is 12.7. The lowest BCUT2D eigenvalue weighted by atomic mass is 10.0. The van der Waals surface area contributed by atoms with Crippen LogP contribution in [-0.4, -0.2) is 68.7 Å². The van der Waals surface area contributed by atoms with Crippen LogP contribution in [0, 0.1) is 5.82 Å². The number of hydrogen-bond acceptors (Lipinski definition) is 7. The second-order valence-corrected chi connectivity index (χ2v) is 9.96. The number of ether oxygens (including phenoxy) is 2. The number of likely N-dealkylation sites (tertiary alicyclic amines) is 1. The lowest BCUT2D eigenvalue weighted by Crippen LogP contribution is -2.27. The molecule has 1 aromatic carbocycles.